The Morgan fingerprint density at radius 1 is 0.967 bits per heavy atom. The van der Waals surface area contributed by atoms with E-state index in [9.17, 15) is 14.4 Å². The van der Waals surface area contributed by atoms with Crippen molar-refractivity contribution in [3.63, 3.8) is 0 Å². The van der Waals surface area contributed by atoms with Crippen LogP contribution in [-0.2, 0) is 19.1 Å². The van der Waals surface area contributed by atoms with Crippen molar-refractivity contribution in [3.8, 4) is 5.75 Å². The quantitative estimate of drug-likeness (QED) is 0.663. The molecule has 0 saturated heterocycles. The van der Waals surface area contributed by atoms with Crippen LogP contribution in [0.25, 0.3) is 0 Å². The van der Waals surface area contributed by atoms with Gasteiger partial charge in [-0.25, -0.2) is 9.59 Å². The van der Waals surface area contributed by atoms with Gasteiger partial charge in [0, 0.05) is 5.69 Å². The summed E-state index contributed by atoms with van der Waals surface area (Å²) in [6, 6.07) is 10.7. The van der Waals surface area contributed by atoms with E-state index in [1.54, 1.807) is 19.1 Å². The molecule has 0 aromatic heterocycles. The number of carbonyl (C=O) groups excluding carboxylic acids is 3. The number of hydrogen-bond acceptors (Lipinski definition) is 6. The van der Waals surface area contributed by atoms with Crippen LogP contribution in [0.4, 0.5) is 5.69 Å². The van der Waals surface area contributed by atoms with E-state index >= 15 is 0 Å². The van der Waals surface area contributed by atoms with Gasteiger partial charge in [0.25, 0.3) is 5.91 Å². The highest BCUT2D eigenvalue weighted by Crippen LogP contribution is 2.24. The van der Waals surface area contributed by atoms with Gasteiger partial charge in [-0.15, -0.1) is 0 Å². The number of carbonyl (C=O) groups is 3. The van der Waals surface area contributed by atoms with Crippen LogP contribution in [0.1, 0.15) is 46.8 Å². The van der Waals surface area contributed by atoms with Gasteiger partial charge >= 0.3 is 11.9 Å². The van der Waals surface area contributed by atoms with E-state index in [0.717, 1.165) is 16.7 Å². The predicted octanol–water partition coefficient (Wildman–Crippen LogP) is 3.77. The SMILES string of the molecule is COC(=O)c1ccc(C)c(NC(=O)COC(=O)COc2cc(C(C)C)ccc2C)c1. The van der Waals surface area contributed by atoms with Crippen molar-refractivity contribution in [2.45, 2.75) is 33.6 Å². The third-order valence-corrected chi connectivity index (χ3v) is 4.52. The van der Waals surface area contributed by atoms with E-state index < -0.39 is 24.5 Å². The normalized spacial score (nSPS) is 10.5. The fourth-order valence-corrected chi connectivity index (χ4v) is 2.64. The van der Waals surface area contributed by atoms with Gasteiger partial charge in [-0.2, -0.15) is 0 Å². The number of nitrogens with one attached hydrogen (secondary N) is 1. The second kappa shape index (κ2) is 10.4. The van der Waals surface area contributed by atoms with Gasteiger partial charge in [0.2, 0.25) is 0 Å². The summed E-state index contributed by atoms with van der Waals surface area (Å²) in [5.74, 6) is -0.737. The molecule has 0 aliphatic carbocycles. The molecule has 0 spiro atoms. The first-order chi connectivity index (χ1) is 14.2. The maximum absolute atomic E-state index is 12.1. The molecule has 160 valence electrons. The fourth-order valence-electron chi connectivity index (χ4n) is 2.64. The van der Waals surface area contributed by atoms with Crippen molar-refractivity contribution in [3.05, 3.63) is 58.7 Å². The summed E-state index contributed by atoms with van der Waals surface area (Å²) in [6.07, 6.45) is 0. The zero-order valence-corrected chi connectivity index (χ0v) is 17.9. The molecule has 0 aliphatic rings. The maximum atomic E-state index is 12.1. The molecule has 0 bridgehead atoms. The molecule has 0 heterocycles. The van der Waals surface area contributed by atoms with Crippen LogP contribution >= 0.6 is 0 Å². The van der Waals surface area contributed by atoms with Crippen LogP contribution in [0, 0.1) is 13.8 Å². The van der Waals surface area contributed by atoms with Crippen molar-refractivity contribution >= 4 is 23.5 Å². The lowest BCUT2D eigenvalue weighted by Crippen LogP contribution is -2.24. The number of methoxy groups -OCH3 is 1. The average Bonchev–Trinajstić information content (AvgIpc) is 2.72. The van der Waals surface area contributed by atoms with Crippen molar-refractivity contribution in [2.75, 3.05) is 25.6 Å². The van der Waals surface area contributed by atoms with Crippen molar-refractivity contribution in [1.29, 1.82) is 0 Å². The van der Waals surface area contributed by atoms with Crippen molar-refractivity contribution in [1.82, 2.24) is 0 Å². The van der Waals surface area contributed by atoms with Gasteiger partial charge in [-0.1, -0.05) is 32.0 Å². The largest absolute Gasteiger partial charge is 0.482 e. The van der Waals surface area contributed by atoms with Gasteiger partial charge in [0.05, 0.1) is 12.7 Å². The molecule has 7 nitrogen and oxygen atoms in total. The number of anilines is 1. The zero-order chi connectivity index (χ0) is 22.3. The lowest BCUT2D eigenvalue weighted by Gasteiger charge is -2.13. The Morgan fingerprint density at radius 3 is 2.33 bits per heavy atom. The number of benzene rings is 2. The number of esters is 2. The first-order valence-corrected chi connectivity index (χ1v) is 9.59. The maximum Gasteiger partial charge on any atom is 0.344 e. The fraction of sp³-hybridized carbons (Fsp3) is 0.348. The van der Waals surface area contributed by atoms with Gasteiger partial charge < -0.3 is 19.5 Å². The smallest absolute Gasteiger partial charge is 0.344 e. The van der Waals surface area contributed by atoms with Crippen molar-refractivity contribution < 1.29 is 28.6 Å². The summed E-state index contributed by atoms with van der Waals surface area (Å²) in [5, 5.41) is 2.62. The lowest BCUT2D eigenvalue weighted by molar-refractivity contribution is -0.149. The third-order valence-electron chi connectivity index (χ3n) is 4.52. The van der Waals surface area contributed by atoms with E-state index in [1.807, 2.05) is 25.1 Å². The zero-order valence-electron chi connectivity index (χ0n) is 17.9. The average molecular weight is 413 g/mol. The minimum Gasteiger partial charge on any atom is -0.482 e. The minimum atomic E-state index is -0.653. The molecule has 7 heteroatoms. The topological polar surface area (TPSA) is 90.9 Å². The van der Waals surface area contributed by atoms with Crippen LogP contribution < -0.4 is 10.1 Å². The highest BCUT2D eigenvalue weighted by molar-refractivity contribution is 5.96. The van der Waals surface area contributed by atoms with E-state index in [2.05, 4.69) is 23.9 Å². The standard InChI is InChI=1S/C23H27NO6/c1-14(2)17-8-7-16(4)20(11-17)29-13-22(26)30-12-21(25)24-19-10-18(23(27)28-5)9-6-15(19)3/h6-11,14H,12-13H2,1-5H3,(H,24,25). The minimum absolute atomic E-state index is 0.299. The Kier molecular flexibility index (Phi) is 7.98. The summed E-state index contributed by atoms with van der Waals surface area (Å²) < 4.78 is 15.2. The van der Waals surface area contributed by atoms with Gasteiger partial charge in [-0.05, 0) is 54.7 Å². The summed E-state index contributed by atoms with van der Waals surface area (Å²) in [7, 11) is 1.28. The summed E-state index contributed by atoms with van der Waals surface area (Å²) >= 11 is 0. The summed E-state index contributed by atoms with van der Waals surface area (Å²) in [6.45, 7) is 7.06. The Morgan fingerprint density at radius 2 is 1.67 bits per heavy atom. The first kappa shape index (κ1) is 22.9. The van der Waals surface area contributed by atoms with Crippen LogP contribution in [-0.4, -0.2) is 38.2 Å². The number of hydrogen-bond donors (Lipinski definition) is 1. The van der Waals surface area contributed by atoms with E-state index in [0.29, 0.717) is 22.9 Å². The van der Waals surface area contributed by atoms with E-state index in [1.165, 1.54) is 13.2 Å². The molecule has 1 N–H and O–H groups in total. The van der Waals surface area contributed by atoms with Crippen LogP contribution in [0.5, 0.6) is 5.75 Å². The number of ether oxygens (including phenoxy) is 3. The number of amides is 1. The molecule has 0 radical (unpaired) electrons. The van der Waals surface area contributed by atoms with Gasteiger partial charge in [0.15, 0.2) is 13.2 Å². The number of rotatable bonds is 8. The molecule has 0 aliphatic heterocycles. The molecule has 0 saturated carbocycles. The van der Waals surface area contributed by atoms with E-state index in [4.69, 9.17) is 9.47 Å². The highest BCUT2D eigenvalue weighted by atomic mass is 16.6. The molecule has 1 amide bonds. The second-order valence-electron chi connectivity index (χ2n) is 7.20. The molecule has 0 atom stereocenters. The molecule has 0 unspecified atom stereocenters. The lowest BCUT2D eigenvalue weighted by atomic mass is 10.0. The first-order valence-electron chi connectivity index (χ1n) is 9.59. The van der Waals surface area contributed by atoms with Crippen LogP contribution in [0.3, 0.4) is 0 Å². The van der Waals surface area contributed by atoms with Crippen molar-refractivity contribution in [2.24, 2.45) is 0 Å². The predicted molar refractivity (Wildman–Crippen MR) is 113 cm³/mol. The molecule has 2 aromatic rings. The van der Waals surface area contributed by atoms with Gasteiger partial charge in [0.1, 0.15) is 5.75 Å². The highest BCUT2D eigenvalue weighted by Gasteiger charge is 2.13. The second-order valence-corrected chi connectivity index (χ2v) is 7.20. The molecular formula is C23H27NO6. The molecule has 30 heavy (non-hydrogen) atoms. The molecular weight excluding hydrogens is 386 g/mol. The monoisotopic (exact) mass is 413 g/mol. The van der Waals surface area contributed by atoms with Gasteiger partial charge in [-0.3, -0.25) is 4.79 Å². The van der Waals surface area contributed by atoms with Crippen LogP contribution in [0.15, 0.2) is 36.4 Å². The summed E-state index contributed by atoms with van der Waals surface area (Å²) in [5.41, 5.74) is 3.52. The summed E-state index contributed by atoms with van der Waals surface area (Å²) in [4.78, 5) is 35.7. The third kappa shape index (κ3) is 6.34. The Hall–Kier alpha value is -3.35. The number of aryl methyl sites for hydroxylation is 2. The molecule has 2 rings (SSSR count). The molecule has 0 fully saturated rings. The molecule has 2 aromatic carbocycles. The Bertz CT molecular complexity index is 935. The van der Waals surface area contributed by atoms with Crippen LogP contribution in [0.2, 0.25) is 0 Å². The Balaban J connectivity index is 1.88. The Labute approximate surface area is 176 Å². The van der Waals surface area contributed by atoms with E-state index in [-0.39, 0.29) is 6.61 Å².